The van der Waals surface area contributed by atoms with E-state index in [4.69, 9.17) is 11.6 Å². The zero-order valence-corrected chi connectivity index (χ0v) is 19.1. The first-order valence-electron chi connectivity index (χ1n) is 8.12. The van der Waals surface area contributed by atoms with Crippen molar-refractivity contribution in [2.24, 2.45) is 5.92 Å². The molecule has 0 radical (unpaired) electrons. The van der Waals surface area contributed by atoms with Crippen molar-refractivity contribution >= 4 is 72.2 Å². The van der Waals surface area contributed by atoms with Gasteiger partial charge in [0.1, 0.15) is 0 Å². The van der Waals surface area contributed by atoms with Gasteiger partial charge in [0.25, 0.3) is 20.3 Å². The molecule has 3 aromatic rings. The minimum Gasteiger partial charge on any atom is -0.296 e. The largest absolute Gasteiger partial charge is 0.296 e. The van der Waals surface area contributed by atoms with Crippen LogP contribution in [-0.4, -0.2) is 40.5 Å². The van der Waals surface area contributed by atoms with Gasteiger partial charge in [-0.15, -0.1) is 20.4 Å². The Morgan fingerprint density at radius 1 is 1.10 bits per heavy atom. The summed E-state index contributed by atoms with van der Waals surface area (Å²) in [5, 5.41) is 18.4. The van der Waals surface area contributed by atoms with E-state index in [2.05, 4.69) is 44.3 Å². The Bertz CT molecular complexity index is 1100. The quantitative estimate of drug-likeness (QED) is 0.360. The SMILES string of the molecule is CC(C)CSc1nnc(NS(=O)(=O)c2nnc(NC(=O)c3ccc(Cl)cc3)s2)s1. The molecule has 0 aliphatic heterocycles. The fourth-order valence-electron chi connectivity index (χ4n) is 1.85. The van der Waals surface area contributed by atoms with Crippen molar-refractivity contribution < 1.29 is 13.2 Å². The summed E-state index contributed by atoms with van der Waals surface area (Å²) in [6.07, 6.45) is 0. The summed E-state index contributed by atoms with van der Waals surface area (Å²) in [6, 6.07) is 6.24. The summed E-state index contributed by atoms with van der Waals surface area (Å²) < 4.78 is 27.7. The summed E-state index contributed by atoms with van der Waals surface area (Å²) in [5.41, 5.74) is 0.354. The van der Waals surface area contributed by atoms with Gasteiger partial charge >= 0.3 is 0 Å². The van der Waals surface area contributed by atoms with Crippen molar-refractivity contribution in [3.8, 4) is 0 Å². The molecule has 0 bridgehead atoms. The predicted octanol–water partition coefficient (Wildman–Crippen LogP) is 3.84. The molecule has 0 fully saturated rings. The first-order valence-corrected chi connectivity index (χ1v) is 12.6. The molecule has 29 heavy (non-hydrogen) atoms. The number of carbonyl (C=O) groups excluding carboxylic acids is 1. The highest BCUT2D eigenvalue weighted by Gasteiger charge is 2.23. The van der Waals surface area contributed by atoms with E-state index in [9.17, 15) is 13.2 Å². The average Bonchev–Trinajstić information content (AvgIpc) is 3.30. The first-order chi connectivity index (χ1) is 13.7. The van der Waals surface area contributed by atoms with Gasteiger partial charge in [0, 0.05) is 16.3 Å². The van der Waals surface area contributed by atoms with E-state index in [1.54, 1.807) is 24.3 Å². The molecule has 1 amide bonds. The number of nitrogens with zero attached hydrogens (tertiary/aromatic N) is 4. The van der Waals surface area contributed by atoms with Crippen molar-refractivity contribution in [3.63, 3.8) is 0 Å². The van der Waals surface area contributed by atoms with Gasteiger partial charge in [0.15, 0.2) is 4.34 Å². The summed E-state index contributed by atoms with van der Waals surface area (Å²) in [5.74, 6) is 0.881. The van der Waals surface area contributed by atoms with Crippen molar-refractivity contribution in [2.75, 3.05) is 15.8 Å². The highest BCUT2D eigenvalue weighted by Crippen LogP contribution is 2.29. The zero-order chi connectivity index (χ0) is 21.0. The molecular formula is C15H15ClN6O3S4. The van der Waals surface area contributed by atoms with E-state index < -0.39 is 15.9 Å². The molecule has 9 nitrogen and oxygen atoms in total. The molecule has 3 rings (SSSR count). The Morgan fingerprint density at radius 3 is 2.48 bits per heavy atom. The maximum absolute atomic E-state index is 12.5. The summed E-state index contributed by atoms with van der Waals surface area (Å²) in [4.78, 5) is 12.2. The Kier molecular flexibility index (Phi) is 7.05. The van der Waals surface area contributed by atoms with Gasteiger partial charge < -0.3 is 0 Å². The van der Waals surface area contributed by atoms with Crippen LogP contribution >= 0.6 is 46.0 Å². The Morgan fingerprint density at radius 2 is 1.79 bits per heavy atom. The number of aromatic nitrogens is 4. The number of sulfonamides is 1. The zero-order valence-electron chi connectivity index (χ0n) is 15.1. The number of carbonyl (C=O) groups is 1. The molecule has 0 aliphatic rings. The first kappa shape index (κ1) is 21.9. The van der Waals surface area contributed by atoms with Crippen LogP contribution in [0.1, 0.15) is 24.2 Å². The normalized spacial score (nSPS) is 11.6. The third kappa shape index (κ3) is 6.09. The molecule has 2 N–H and O–H groups in total. The lowest BCUT2D eigenvalue weighted by Gasteiger charge is -2.01. The maximum atomic E-state index is 12.5. The number of anilines is 2. The van der Waals surface area contributed by atoms with Gasteiger partial charge in [0.05, 0.1) is 0 Å². The maximum Gasteiger partial charge on any atom is 0.293 e. The van der Waals surface area contributed by atoms with Crippen LogP contribution in [0.4, 0.5) is 10.3 Å². The Balaban J connectivity index is 1.65. The predicted molar refractivity (Wildman–Crippen MR) is 116 cm³/mol. The van der Waals surface area contributed by atoms with E-state index in [-0.39, 0.29) is 14.6 Å². The highest BCUT2D eigenvalue weighted by molar-refractivity contribution is 8.01. The standard InChI is InChI=1S/C15H15ClN6O3S4/c1-8(2)7-26-14-20-19-13(27-14)22-29(24,25)15-21-18-12(28-15)17-11(23)9-3-5-10(16)6-4-9/h3-6,8H,7H2,1-2H3,(H,19,22)(H,17,18,23). The van der Waals surface area contributed by atoms with Crippen LogP contribution in [0.2, 0.25) is 5.02 Å². The van der Waals surface area contributed by atoms with E-state index in [0.717, 1.165) is 28.4 Å². The molecule has 0 atom stereocenters. The number of thioether (sulfide) groups is 1. The third-order valence-electron chi connectivity index (χ3n) is 3.13. The molecule has 0 aliphatic carbocycles. The average molecular weight is 491 g/mol. The minimum absolute atomic E-state index is 0.0516. The van der Waals surface area contributed by atoms with Gasteiger partial charge in [-0.3, -0.25) is 14.8 Å². The topological polar surface area (TPSA) is 127 Å². The lowest BCUT2D eigenvalue weighted by Crippen LogP contribution is -2.12. The van der Waals surface area contributed by atoms with Crippen molar-refractivity contribution in [1.29, 1.82) is 0 Å². The van der Waals surface area contributed by atoms with Crippen LogP contribution in [0, 0.1) is 5.92 Å². The molecule has 14 heteroatoms. The molecule has 2 aromatic heterocycles. The number of nitrogens with one attached hydrogen (secondary N) is 2. The van der Waals surface area contributed by atoms with Gasteiger partial charge in [-0.1, -0.05) is 59.9 Å². The Labute approximate surface area is 184 Å². The second-order valence-electron chi connectivity index (χ2n) is 6.02. The van der Waals surface area contributed by atoms with Crippen LogP contribution in [0.5, 0.6) is 0 Å². The molecule has 1 aromatic carbocycles. The van der Waals surface area contributed by atoms with E-state index in [0.29, 0.717) is 20.8 Å². The number of hydrogen-bond donors (Lipinski definition) is 2. The summed E-state index contributed by atoms with van der Waals surface area (Å²) in [7, 11) is -3.99. The second-order valence-corrected chi connectivity index (χ2v) is 11.5. The number of hydrogen-bond acceptors (Lipinski definition) is 10. The molecule has 0 saturated heterocycles. The lowest BCUT2D eigenvalue weighted by molar-refractivity contribution is 0.102. The van der Waals surface area contributed by atoms with Crippen molar-refractivity contribution in [2.45, 2.75) is 22.5 Å². The Hall–Kier alpha value is -1.80. The summed E-state index contributed by atoms with van der Waals surface area (Å²) in [6.45, 7) is 4.16. The third-order valence-corrected chi connectivity index (χ3v) is 8.46. The molecule has 0 saturated carbocycles. The number of amides is 1. The van der Waals surface area contributed by atoms with Crippen LogP contribution in [0.3, 0.4) is 0 Å². The molecule has 2 heterocycles. The fourth-order valence-corrected chi connectivity index (χ4v) is 5.83. The molecular weight excluding hydrogens is 476 g/mol. The van der Waals surface area contributed by atoms with E-state index in [1.807, 2.05) is 0 Å². The summed E-state index contributed by atoms with van der Waals surface area (Å²) >= 11 is 9.17. The van der Waals surface area contributed by atoms with E-state index in [1.165, 1.54) is 11.8 Å². The van der Waals surface area contributed by atoms with Gasteiger partial charge in [0.2, 0.25) is 10.3 Å². The lowest BCUT2D eigenvalue weighted by atomic mass is 10.2. The van der Waals surface area contributed by atoms with Crippen LogP contribution in [0.15, 0.2) is 32.9 Å². The van der Waals surface area contributed by atoms with Crippen LogP contribution in [0.25, 0.3) is 0 Å². The molecule has 154 valence electrons. The van der Waals surface area contributed by atoms with Gasteiger partial charge in [-0.05, 0) is 30.2 Å². The molecule has 0 unspecified atom stereocenters. The van der Waals surface area contributed by atoms with Crippen LogP contribution < -0.4 is 10.0 Å². The van der Waals surface area contributed by atoms with Gasteiger partial charge in [-0.25, -0.2) is 0 Å². The molecule has 0 spiro atoms. The van der Waals surface area contributed by atoms with Crippen LogP contribution in [-0.2, 0) is 10.0 Å². The second kappa shape index (κ2) is 9.34. The fraction of sp³-hybridized carbons (Fsp3) is 0.267. The number of rotatable bonds is 8. The van der Waals surface area contributed by atoms with E-state index >= 15 is 0 Å². The number of benzene rings is 1. The number of halogens is 1. The minimum atomic E-state index is -3.99. The smallest absolute Gasteiger partial charge is 0.293 e. The highest BCUT2D eigenvalue weighted by atomic mass is 35.5. The monoisotopic (exact) mass is 490 g/mol. The van der Waals surface area contributed by atoms with Gasteiger partial charge in [-0.2, -0.15) is 8.42 Å². The van der Waals surface area contributed by atoms with Crippen molar-refractivity contribution in [1.82, 2.24) is 20.4 Å². The van der Waals surface area contributed by atoms with Crippen molar-refractivity contribution in [3.05, 3.63) is 34.9 Å².